The number of nitrogens with one attached hydrogen (secondary N) is 2. The Morgan fingerprint density at radius 1 is 1.17 bits per heavy atom. The van der Waals surface area contributed by atoms with Crippen molar-refractivity contribution in [1.29, 1.82) is 0 Å². The van der Waals surface area contributed by atoms with Crippen LogP contribution < -0.4 is 10.6 Å². The van der Waals surface area contributed by atoms with Crippen molar-refractivity contribution in [2.24, 2.45) is 5.92 Å². The standard InChI is InChI=1S/C17H36N2O3Si/c1-16(2,3)21-15(20)19-11-13-9-14(12-18-10-13)22-23(7,8)17(4,5)6/h13-14,18H,9-12H2,1-8H3,(H,19,20). The summed E-state index contributed by atoms with van der Waals surface area (Å²) in [5.74, 6) is 0.381. The van der Waals surface area contributed by atoms with Crippen molar-refractivity contribution in [3.8, 4) is 0 Å². The lowest BCUT2D eigenvalue weighted by molar-refractivity contribution is 0.0503. The van der Waals surface area contributed by atoms with Crippen molar-refractivity contribution >= 4 is 14.4 Å². The normalized spacial score (nSPS) is 23.5. The highest BCUT2D eigenvalue weighted by atomic mass is 28.4. The molecule has 0 aromatic rings. The van der Waals surface area contributed by atoms with Gasteiger partial charge in [-0.1, -0.05) is 20.8 Å². The van der Waals surface area contributed by atoms with Gasteiger partial charge in [-0.2, -0.15) is 0 Å². The number of ether oxygens (including phenoxy) is 1. The molecular weight excluding hydrogens is 308 g/mol. The lowest BCUT2D eigenvalue weighted by Gasteiger charge is -2.41. The second kappa shape index (κ2) is 7.53. The minimum Gasteiger partial charge on any atom is -0.444 e. The molecule has 0 bridgehead atoms. The van der Waals surface area contributed by atoms with E-state index in [1.54, 1.807) is 0 Å². The molecule has 2 unspecified atom stereocenters. The van der Waals surface area contributed by atoms with Crippen molar-refractivity contribution in [3.05, 3.63) is 0 Å². The van der Waals surface area contributed by atoms with Gasteiger partial charge in [-0.15, -0.1) is 0 Å². The average Bonchev–Trinajstić information content (AvgIpc) is 2.33. The Balaban J connectivity index is 2.45. The first-order chi connectivity index (χ1) is 10.3. The van der Waals surface area contributed by atoms with Gasteiger partial charge in [-0.05, 0) is 57.8 Å². The highest BCUT2D eigenvalue weighted by Gasteiger charge is 2.40. The molecule has 1 rings (SSSR count). The molecule has 1 aliphatic rings. The van der Waals surface area contributed by atoms with E-state index in [9.17, 15) is 4.79 Å². The summed E-state index contributed by atoms with van der Waals surface area (Å²) in [5.41, 5.74) is -0.455. The molecule has 0 saturated carbocycles. The Morgan fingerprint density at radius 3 is 2.30 bits per heavy atom. The van der Waals surface area contributed by atoms with Gasteiger partial charge in [0.25, 0.3) is 0 Å². The van der Waals surface area contributed by atoms with Gasteiger partial charge in [0.1, 0.15) is 5.60 Å². The number of piperidine rings is 1. The van der Waals surface area contributed by atoms with Crippen molar-refractivity contribution in [1.82, 2.24) is 10.6 Å². The van der Waals surface area contributed by atoms with Crippen LogP contribution in [0.5, 0.6) is 0 Å². The van der Waals surface area contributed by atoms with Crippen LogP contribution >= 0.6 is 0 Å². The first-order valence-electron chi connectivity index (χ1n) is 8.65. The predicted molar refractivity (Wildman–Crippen MR) is 97.3 cm³/mol. The van der Waals surface area contributed by atoms with Crippen LogP contribution in [0.2, 0.25) is 18.1 Å². The number of hydrogen-bond donors (Lipinski definition) is 2. The molecule has 2 atom stereocenters. The minimum absolute atomic E-state index is 0.217. The summed E-state index contributed by atoms with van der Waals surface area (Å²) in [6.07, 6.45) is 0.870. The number of amides is 1. The molecule has 1 fully saturated rings. The summed E-state index contributed by atoms with van der Waals surface area (Å²) in [6.45, 7) is 19.4. The molecule has 6 heteroatoms. The zero-order chi connectivity index (χ0) is 17.9. The Labute approximate surface area is 143 Å². The van der Waals surface area contributed by atoms with E-state index in [-0.39, 0.29) is 17.2 Å². The quantitative estimate of drug-likeness (QED) is 0.766. The molecule has 0 aliphatic carbocycles. The Bertz CT molecular complexity index is 400. The third-order valence-electron chi connectivity index (χ3n) is 4.60. The predicted octanol–water partition coefficient (Wildman–Crippen LogP) is 3.51. The fraction of sp³-hybridized carbons (Fsp3) is 0.941. The highest BCUT2D eigenvalue weighted by Crippen LogP contribution is 2.38. The fourth-order valence-corrected chi connectivity index (χ4v) is 3.73. The SMILES string of the molecule is CC(C)(C)OC(=O)NCC1CNCC(O[Si](C)(C)C(C)(C)C)C1. The lowest BCUT2D eigenvalue weighted by Crippen LogP contribution is -2.51. The van der Waals surface area contributed by atoms with E-state index in [4.69, 9.17) is 9.16 Å². The number of alkyl carbamates (subject to hydrolysis) is 1. The summed E-state index contributed by atoms with van der Waals surface area (Å²) >= 11 is 0. The van der Waals surface area contributed by atoms with Crippen molar-refractivity contribution in [3.63, 3.8) is 0 Å². The summed E-state index contributed by atoms with van der Waals surface area (Å²) in [4.78, 5) is 11.8. The Morgan fingerprint density at radius 2 is 1.78 bits per heavy atom. The molecule has 2 N–H and O–H groups in total. The maximum Gasteiger partial charge on any atom is 0.407 e. The average molecular weight is 345 g/mol. The number of rotatable bonds is 4. The van der Waals surface area contributed by atoms with Gasteiger partial charge in [0.2, 0.25) is 0 Å². The minimum atomic E-state index is -1.75. The molecule has 1 aliphatic heterocycles. The maximum absolute atomic E-state index is 11.8. The molecule has 1 saturated heterocycles. The van der Waals surface area contributed by atoms with Crippen molar-refractivity contribution < 1.29 is 14.0 Å². The summed E-state index contributed by atoms with van der Waals surface area (Å²) in [7, 11) is -1.75. The van der Waals surface area contributed by atoms with E-state index in [1.165, 1.54) is 0 Å². The van der Waals surface area contributed by atoms with Gasteiger partial charge in [0, 0.05) is 13.1 Å². The van der Waals surface area contributed by atoms with Crippen molar-refractivity contribution in [2.45, 2.75) is 77.8 Å². The van der Waals surface area contributed by atoms with Crippen LogP contribution in [0.15, 0.2) is 0 Å². The van der Waals surface area contributed by atoms with E-state index in [1.807, 2.05) is 20.8 Å². The number of carbonyl (C=O) groups excluding carboxylic acids is 1. The third kappa shape index (κ3) is 7.22. The molecule has 136 valence electrons. The zero-order valence-electron chi connectivity index (χ0n) is 16.2. The maximum atomic E-state index is 11.8. The van der Waals surface area contributed by atoms with Crippen LogP contribution in [-0.2, 0) is 9.16 Å². The molecular formula is C17H36N2O3Si. The van der Waals surface area contributed by atoms with Gasteiger partial charge in [0.05, 0.1) is 6.10 Å². The molecule has 0 aromatic heterocycles. The summed E-state index contributed by atoms with van der Waals surface area (Å²) < 4.78 is 11.8. The van der Waals surface area contributed by atoms with E-state index in [2.05, 4.69) is 44.5 Å². The third-order valence-corrected chi connectivity index (χ3v) is 9.14. The monoisotopic (exact) mass is 344 g/mol. The van der Waals surface area contributed by atoms with Crippen LogP contribution in [-0.4, -0.2) is 45.7 Å². The van der Waals surface area contributed by atoms with Crippen molar-refractivity contribution in [2.75, 3.05) is 19.6 Å². The van der Waals surface area contributed by atoms with Gasteiger partial charge in [-0.25, -0.2) is 4.79 Å². The molecule has 1 amide bonds. The van der Waals surface area contributed by atoms with Crippen LogP contribution in [0.1, 0.15) is 48.0 Å². The second-order valence-corrected chi connectivity index (χ2v) is 13.9. The van der Waals surface area contributed by atoms with Crippen LogP contribution in [0.3, 0.4) is 0 Å². The summed E-state index contributed by atoms with van der Waals surface area (Å²) in [5, 5.41) is 6.53. The van der Waals surface area contributed by atoms with E-state index < -0.39 is 13.9 Å². The topological polar surface area (TPSA) is 59.6 Å². The zero-order valence-corrected chi connectivity index (χ0v) is 17.2. The molecule has 0 aromatic carbocycles. The second-order valence-electron chi connectivity index (χ2n) is 9.14. The first kappa shape index (κ1) is 20.5. The number of carbonyl (C=O) groups is 1. The molecule has 0 radical (unpaired) electrons. The lowest BCUT2D eigenvalue weighted by atomic mass is 9.98. The fourth-order valence-electron chi connectivity index (χ4n) is 2.37. The van der Waals surface area contributed by atoms with E-state index >= 15 is 0 Å². The van der Waals surface area contributed by atoms with Crippen LogP contribution in [0.4, 0.5) is 4.79 Å². The molecule has 5 nitrogen and oxygen atoms in total. The Hall–Kier alpha value is -0.593. The molecule has 1 heterocycles. The Kier molecular flexibility index (Phi) is 6.70. The molecule has 0 spiro atoms. The van der Waals surface area contributed by atoms with Gasteiger partial charge in [0.15, 0.2) is 8.32 Å². The van der Waals surface area contributed by atoms with E-state index in [0.717, 1.165) is 19.5 Å². The van der Waals surface area contributed by atoms with E-state index in [0.29, 0.717) is 12.5 Å². The largest absolute Gasteiger partial charge is 0.444 e. The number of hydrogen-bond acceptors (Lipinski definition) is 4. The van der Waals surface area contributed by atoms with Crippen LogP contribution in [0.25, 0.3) is 0 Å². The highest BCUT2D eigenvalue weighted by molar-refractivity contribution is 6.74. The van der Waals surface area contributed by atoms with Gasteiger partial charge in [-0.3, -0.25) is 0 Å². The van der Waals surface area contributed by atoms with Gasteiger partial charge >= 0.3 is 6.09 Å². The van der Waals surface area contributed by atoms with Gasteiger partial charge < -0.3 is 19.8 Å². The smallest absolute Gasteiger partial charge is 0.407 e. The summed E-state index contributed by atoms with van der Waals surface area (Å²) in [6, 6.07) is 0. The molecule has 23 heavy (non-hydrogen) atoms. The van der Waals surface area contributed by atoms with Crippen LogP contribution in [0, 0.1) is 5.92 Å². The first-order valence-corrected chi connectivity index (χ1v) is 11.6.